The number of benzene rings is 2. The average molecular weight is 418 g/mol. The Morgan fingerprint density at radius 1 is 1.07 bits per heavy atom. The van der Waals surface area contributed by atoms with Crippen molar-refractivity contribution in [2.24, 2.45) is 0 Å². The van der Waals surface area contributed by atoms with Gasteiger partial charge in [0.25, 0.3) is 0 Å². The van der Waals surface area contributed by atoms with Crippen LogP contribution in [0.2, 0.25) is 0 Å². The second-order valence-electron chi connectivity index (χ2n) is 5.62. The summed E-state index contributed by atoms with van der Waals surface area (Å²) in [6, 6.07) is 15.7. The predicted octanol–water partition coefficient (Wildman–Crippen LogP) is 4.88. The molecule has 0 aliphatic rings. The Balaban J connectivity index is 1.46. The highest BCUT2D eigenvalue weighted by molar-refractivity contribution is 8.03. The summed E-state index contributed by atoms with van der Waals surface area (Å²) in [5.74, 6) is 1.93. The third-order valence-electron chi connectivity index (χ3n) is 3.66. The Hall–Kier alpha value is -2.03. The summed E-state index contributed by atoms with van der Waals surface area (Å²) in [6.45, 7) is 1.97. The minimum atomic E-state index is -0.0445. The van der Waals surface area contributed by atoms with E-state index in [2.05, 4.69) is 15.5 Å². The summed E-state index contributed by atoms with van der Waals surface area (Å²) in [5, 5.41) is 11.3. The van der Waals surface area contributed by atoms with Crippen molar-refractivity contribution in [1.82, 2.24) is 10.2 Å². The summed E-state index contributed by atoms with van der Waals surface area (Å²) < 4.78 is 6.86. The molecule has 0 spiro atoms. The van der Waals surface area contributed by atoms with Crippen LogP contribution in [-0.2, 0) is 10.5 Å². The summed E-state index contributed by atoms with van der Waals surface area (Å²) in [4.78, 5) is 12.1. The van der Waals surface area contributed by atoms with E-state index in [1.54, 1.807) is 18.9 Å². The lowest BCUT2D eigenvalue weighted by Crippen LogP contribution is -2.14. The Bertz CT molecular complexity index is 897. The average Bonchev–Trinajstić information content (AvgIpc) is 3.15. The molecule has 0 fully saturated rings. The van der Waals surface area contributed by atoms with Gasteiger partial charge < -0.3 is 10.1 Å². The van der Waals surface area contributed by atoms with Gasteiger partial charge >= 0.3 is 0 Å². The quantitative estimate of drug-likeness (QED) is 0.527. The molecule has 1 N–H and O–H groups in total. The van der Waals surface area contributed by atoms with Gasteiger partial charge in [-0.2, -0.15) is 0 Å². The van der Waals surface area contributed by atoms with Crippen molar-refractivity contribution in [3.05, 3.63) is 59.7 Å². The number of nitrogens with zero attached hydrogens (tertiary/aromatic N) is 2. The molecule has 1 aromatic heterocycles. The maximum atomic E-state index is 12.1. The SMILES string of the molecule is COc1ccc(CSc2nnc(SCC(=O)Nc3ccccc3C)s2)cc1. The van der Waals surface area contributed by atoms with Crippen molar-refractivity contribution in [3.8, 4) is 5.75 Å². The van der Waals surface area contributed by atoms with E-state index < -0.39 is 0 Å². The molecular formula is C19H19N3O2S3. The van der Waals surface area contributed by atoms with E-state index >= 15 is 0 Å². The number of aromatic nitrogens is 2. The van der Waals surface area contributed by atoms with Gasteiger partial charge in [-0.15, -0.1) is 10.2 Å². The van der Waals surface area contributed by atoms with Crippen LogP contribution >= 0.6 is 34.9 Å². The molecule has 0 unspecified atom stereocenters. The number of anilines is 1. The number of aryl methyl sites for hydroxylation is 1. The fourth-order valence-corrected chi connectivity index (χ4v) is 4.98. The van der Waals surface area contributed by atoms with E-state index in [0.717, 1.165) is 31.4 Å². The van der Waals surface area contributed by atoms with Crippen molar-refractivity contribution in [2.75, 3.05) is 18.2 Å². The molecule has 0 radical (unpaired) electrons. The number of thioether (sulfide) groups is 2. The topological polar surface area (TPSA) is 64.1 Å². The Morgan fingerprint density at radius 3 is 2.48 bits per heavy atom. The summed E-state index contributed by atoms with van der Waals surface area (Å²) >= 11 is 4.55. The van der Waals surface area contributed by atoms with E-state index in [-0.39, 0.29) is 5.91 Å². The number of ether oxygens (including phenoxy) is 1. The molecule has 3 aromatic rings. The molecule has 27 heavy (non-hydrogen) atoms. The van der Waals surface area contributed by atoms with Crippen molar-refractivity contribution in [2.45, 2.75) is 21.4 Å². The van der Waals surface area contributed by atoms with Crippen LogP contribution in [0.5, 0.6) is 5.75 Å². The number of carbonyl (C=O) groups excluding carboxylic acids is 1. The van der Waals surface area contributed by atoms with Crippen molar-refractivity contribution >= 4 is 46.5 Å². The first kappa shape index (κ1) is 19.7. The molecule has 0 atom stereocenters. The standard InChI is InChI=1S/C19H19N3O2S3/c1-13-5-3-4-6-16(13)20-17(23)12-26-19-22-21-18(27-19)25-11-14-7-9-15(24-2)10-8-14/h3-10H,11-12H2,1-2H3,(H,20,23). The van der Waals surface area contributed by atoms with E-state index in [1.165, 1.54) is 28.7 Å². The minimum absolute atomic E-state index is 0.0445. The maximum Gasteiger partial charge on any atom is 0.234 e. The van der Waals surface area contributed by atoms with Gasteiger partial charge in [-0.1, -0.05) is 65.2 Å². The third kappa shape index (κ3) is 5.98. The molecule has 0 saturated heterocycles. The number of amides is 1. The Kier molecular flexibility index (Phi) is 7.14. The molecule has 0 aliphatic carbocycles. The van der Waals surface area contributed by atoms with Gasteiger partial charge in [0, 0.05) is 11.4 Å². The Morgan fingerprint density at radius 2 is 1.78 bits per heavy atom. The lowest BCUT2D eigenvalue weighted by Gasteiger charge is -2.06. The van der Waals surface area contributed by atoms with Crippen molar-refractivity contribution in [3.63, 3.8) is 0 Å². The van der Waals surface area contributed by atoms with Crippen LogP contribution in [0.25, 0.3) is 0 Å². The minimum Gasteiger partial charge on any atom is -0.497 e. The van der Waals surface area contributed by atoms with E-state index in [9.17, 15) is 4.79 Å². The maximum absolute atomic E-state index is 12.1. The van der Waals surface area contributed by atoms with Gasteiger partial charge in [-0.05, 0) is 36.2 Å². The van der Waals surface area contributed by atoms with E-state index in [4.69, 9.17) is 4.74 Å². The van der Waals surface area contributed by atoms with Crippen molar-refractivity contribution in [1.29, 1.82) is 0 Å². The number of para-hydroxylation sites is 1. The third-order valence-corrected chi connectivity index (χ3v) is 6.92. The normalized spacial score (nSPS) is 10.6. The van der Waals surface area contributed by atoms with Crippen molar-refractivity contribution < 1.29 is 9.53 Å². The lowest BCUT2D eigenvalue weighted by molar-refractivity contribution is -0.113. The van der Waals surface area contributed by atoms with Crippen LogP contribution in [0.1, 0.15) is 11.1 Å². The van der Waals surface area contributed by atoms with Crippen LogP contribution in [0.3, 0.4) is 0 Å². The zero-order valence-electron chi connectivity index (χ0n) is 15.0. The number of hydrogen-bond acceptors (Lipinski definition) is 7. The number of carbonyl (C=O) groups is 1. The van der Waals surface area contributed by atoms with Gasteiger partial charge in [0.05, 0.1) is 12.9 Å². The molecule has 0 saturated carbocycles. The monoisotopic (exact) mass is 417 g/mol. The predicted molar refractivity (Wildman–Crippen MR) is 113 cm³/mol. The van der Waals surface area contributed by atoms with Gasteiger partial charge in [-0.3, -0.25) is 4.79 Å². The largest absolute Gasteiger partial charge is 0.497 e. The molecule has 2 aromatic carbocycles. The van der Waals surface area contributed by atoms with E-state index in [1.807, 2.05) is 55.5 Å². The van der Waals surface area contributed by atoms with Gasteiger partial charge in [-0.25, -0.2) is 0 Å². The van der Waals surface area contributed by atoms with Gasteiger partial charge in [0.15, 0.2) is 8.68 Å². The molecule has 1 heterocycles. The summed E-state index contributed by atoms with van der Waals surface area (Å²) in [5.41, 5.74) is 3.09. The second kappa shape index (κ2) is 9.77. The molecular weight excluding hydrogens is 398 g/mol. The lowest BCUT2D eigenvalue weighted by atomic mass is 10.2. The van der Waals surface area contributed by atoms with Gasteiger partial charge in [0.1, 0.15) is 5.75 Å². The molecule has 5 nitrogen and oxygen atoms in total. The number of hydrogen-bond donors (Lipinski definition) is 1. The first-order valence-electron chi connectivity index (χ1n) is 8.21. The molecule has 3 rings (SSSR count). The van der Waals surface area contributed by atoms with Crippen LogP contribution in [0.15, 0.2) is 57.2 Å². The molecule has 8 heteroatoms. The zero-order chi connectivity index (χ0) is 19.1. The number of methoxy groups -OCH3 is 1. The molecule has 1 amide bonds. The second-order valence-corrected chi connectivity index (χ2v) is 9.04. The van der Waals surface area contributed by atoms with Crippen LogP contribution in [0.4, 0.5) is 5.69 Å². The summed E-state index contributed by atoms with van der Waals surface area (Å²) in [6.07, 6.45) is 0. The molecule has 140 valence electrons. The highest BCUT2D eigenvalue weighted by Gasteiger charge is 2.10. The highest BCUT2D eigenvalue weighted by Crippen LogP contribution is 2.31. The van der Waals surface area contributed by atoms with Crippen LogP contribution in [-0.4, -0.2) is 29.0 Å². The Labute approximate surface area is 170 Å². The zero-order valence-corrected chi connectivity index (χ0v) is 17.4. The van der Waals surface area contributed by atoms with Crippen LogP contribution < -0.4 is 10.1 Å². The number of nitrogens with one attached hydrogen (secondary N) is 1. The first-order chi connectivity index (χ1) is 13.1. The van der Waals surface area contributed by atoms with Crippen LogP contribution in [0, 0.1) is 6.92 Å². The highest BCUT2D eigenvalue weighted by atomic mass is 32.2. The van der Waals surface area contributed by atoms with Gasteiger partial charge in [0.2, 0.25) is 5.91 Å². The van der Waals surface area contributed by atoms with E-state index in [0.29, 0.717) is 5.75 Å². The fraction of sp³-hybridized carbons (Fsp3) is 0.211. The smallest absolute Gasteiger partial charge is 0.234 e. The fourth-order valence-electron chi connectivity index (χ4n) is 2.21. The number of rotatable bonds is 8. The first-order valence-corrected chi connectivity index (χ1v) is 11.0. The summed E-state index contributed by atoms with van der Waals surface area (Å²) in [7, 11) is 1.66. The molecule has 0 bridgehead atoms. The molecule has 0 aliphatic heterocycles.